The fraction of sp³-hybridized carbons (Fsp3) is 0.120. The Morgan fingerprint density at radius 3 is 2.33 bits per heavy atom. The van der Waals surface area contributed by atoms with Gasteiger partial charge in [0, 0.05) is 36.6 Å². The molecule has 0 unspecified atom stereocenters. The van der Waals surface area contributed by atoms with Crippen LogP contribution in [0, 0.1) is 0 Å². The van der Waals surface area contributed by atoms with Crippen molar-refractivity contribution in [1.82, 2.24) is 9.78 Å². The Balaban J connectivity index is 1.26. The highest BCUT2D eigenvalue weighted by Gasteiger charge is 2.16. The number of benzene rings is 3. The first-order valence-corrected chi connectivity index (χ1v) is 10.1. The van der Waals surface area contributed by atoms with Gasteiger partial charge in [-0.1, -0.05) is 42.5 Å². The van der Waals surface area contributed by atoms with E-state index < -0.39 is 0 Å². The summed E-state index contributed by atoms with van der Waals surface area (Å²) in [6.07, 6.45) is 2.88. The maximum atomic E-state index is 12.6. The summed E-state index contributed by atoms with van der Waals surface area (Å²) in [6.45, 7) is 1.89. The maximum Gasteiger partial charge on any atom is 0.256 e. The fourth-order valence-electron chi connectivity index (χ4n) is 3.84. The monoisotopic (exact) mass is 394 g/mol. The quantitative estimate of drug-likeness (QED) is 0.546. The van der Waals surface area contributed by atoms with Gasteiger partial charge in [-0.15, -0.1) is 0 Å². The third kappa shape index (κ3) is 3.70. The molecule has 1 amide bonds. The number of nitrogens with zero attached hydrogens (tertiary/aromatic N) is 3. The van der Waals surface area contributed by atoms with Gasteiger partial charge in [0.15, 0.2) is 5.82 Å². The van der Waals surface area contributed by atoms with E-state index in [0.29, 0.717) is 11.4 Å². The molecular formula is C25H22N4O. The highest BCUT2D eigenvalue weighted by atomic mass is 16.1. The molecule has 0 aliphatic carbocycles. The Morgan fingerprint density at radius 2 is 1.53 bits per heavy atom. The van der Waals surface area contributed by atoms with Gasteiger partial charge in [-0.05, 0) is 53.9 Å². The van der Waals surface area contributed by atoms with Crippen LogP contribution in [0.1, 0.15) is 21.5 Å². The largest absolute Gasteiger partial charge is 0.367 e. The van der Waals surface area contributed by atoms with E-state index in [1.807, 2.05) is 60.8 Å². The van der Waals surface area contributed by atoms with Crippen molar-refractivity contribution in [2.75, 3.05) is 16.8 Å². The van der Waals surface area contributed by atoms with E-state index in [9.17, 15) is 4.79 Å². The first-order valence-electron chi connectivity index (χ1n) is 10.1. The molecule has 5 heteroatoms. The molecule has 1 N–H and O–H groups in total. The number of carbonyl (C=O) groups is 1. The van der Waals surface area contributed by atoms with E-state index in [1.54, 1.807) is 10.7 Å². The number of fused-ring (bicyclic) bond motifs is 1. The Kier molecular flexibility index (Phi) is 4.77. The molecule has 0 bridgehead atoms. The van der Waals surface area contributed by atoms with E-state index in [2.05, 4.69) is 39.6 Å². The van der Waals surface area contributed by atoms with E-state index in [4.69, 9.17) is 0 Å². The normalized spacial score (nSPS) is 13.0. The Bertz CT molecular complexity index is 1170. The molecular weight excluding hydrogens is 372 g/mol. The third-order valence-electron chi connectivity index (χ3n) is 5.48. The molecule has 1 aromatic heterocycles. The second kappa shape index (κ2) is 7.87. The minimum absolute atomic E-state index is 0.163. The molecule has 0 spiro atoms. The smallest absolute Gasteiger partial charge is 0.256 e. The number of carbonyl (C=O) groups excluding carboxylic acids is 1. The molecule has 0 atom stereocenters. The summed E-state index contributed by atoms with van der Waals surface area (Å²) < 4.78 is 1.74. The van der Waals surface area contributed by atoms with Crippen molar-refractivity contribution in [3.8, 4) is 5.69 Å². The van der Waals surface area contributed by atoms with Crippen LogP contribution >= 0.6 is 0 Å². The number of nitrogens with one attached hydrogen (secondary N) is 1. The zero-order chi connectivity index (χ0) is 20.3. The number of rotatable bonds is 4. The van der Waals surface area contributed by atoms with Gasteiger partial charge in [-0.25, -0.2) is 4.68 Å². The highest BCUT2D eigenvalue weighted by molar-refractivity contribution is 6.03. The number of para-hydroxylation sites is 1. The lowest BCUT2D eigenvalue weighted by molar-refractivity contribution is 0.102. The van der Waals surface area contributed by atoms with Crippen molar-refractivity contribution in [2.24, 2.45) is 0 Å². The molecule has 2 heterocycles. The number of hydrogen-bond donors (Lipinski definition) is 1. The van der Waals surface area contributed by atoms with Gasteiger partial charge in [0.1, 0.15) is 0 Å². The zero-order valence-electron chi connectivity index (χ0n) is 16.5. The van der Waals surface area contributed by atoms with Gasteiger partial charge in [0.05, 0.1) is 5.69 Å². The van der Waals surface area contributed by atoms with E-state index in [1.165, 1.54) is 11.1 Å². The topological polar surface area (TPSA) is 50.2 Å². The van der Waals surface area contributed by atoms with Gasteiger partial charge < -0.3 is 10.2 Å². The third-order valence-corrected chi connectivity index (χ3v) is 5.48. The molecule has 1 aliphatic rings. The molecule has 148 valence electrons. The lowest BCUT2D eigenvalue weighted by atomic mass is 9.99. The number of aromatic nitrogens is 2. The van der Waals surface area contributed by atoms with Crippen molar-refractivity contribution in [1.29, 1.82) is 0 Å². The SMILES string of the molecule is O=C(Nc1ccn(-c2ccccc2)n1)c1ccc(N2CCc3ccccc3C2)cc1. The predicted molar refractivity (Wildman–Crippen MR) is 119 cm³/mol. The summed E-state index contributed by atoms with van der Waals surface area (Å²) in [5, 5.41) is 7.31. The lowest BCUT2D eigenvalue weighted by Gasteiger charge is -2.30. The summed E-state index contributed by atoms with van der Waals surface area (Å²) >= 11 is 0. The molecule has 1 aliphatic heterocycles. The Hall–Kier alpha value is -3.86. The van der Waals surface area contributed by atoms with Gasteiger partial charge in [-0.2, -0.15) is 5.10 Å². The summed E-state index contributed by atoms with van der Waals surface area (Å²) in [7, 11) is 0. The summed E-state index contributed by atoms with van der Waals surface area (Å²) in [5.74, 6) is 0.365. The fourth-order valence-corrected chi connectivity index (χ4v) is 3.84. The van der Waals surface area contributed by atoms with Crippen LogP contribution in [0.3, 0.4) is 0 Å². The first kappa shape index (κ1) is 18.2. The number of hydrogen-bond acceptors (Lipinski definition) is 3. The second-order valence-electron chi connectivity index (χ2n) is 7.42. The highest BCUT2D eigenvalue weighted by Crippen LogP contribution is 2.24. The molecule has 5 nitrogen and oxygen atoms in total. The number of anilines is 2. The van der Waals surface area contributed by atoms with Crippen LogP contribution in [-0.4, -0.2) is 22.2 Å². The van der Waals surface area contributed by atoms with E-state index in [-0.39, 0.29) is 5.91 Å². The average molecular weight is 394 g/mol. The minimum atomic E-state index is -0.163. The molecule has 30 heavy (non-hydrogen) atoms. The van der Waals surface area contributed by atoms with Crippen LogP contribution < -0.4 is 10.2 Å². The predicted octanol–water partition coefficient (Wildman–Crippen LogP) is 4.69. The second-order valence-corrected chi connectivity index (χ2v) is 7.42. The van der Waals surface area contributed by atoms with Crippen LogP contribution in [0.4, 0.5) is 11.5 Å². The summed E-state index contributed by atoms with van der Waals surface area (Å²) in [4.78, 5) is 15.0. The van der Waals surface area contributed by atoms with Crippen LogP contribution in [0.15, 0.2) is 91.1 Å². The van der Waals surface area contributed by atoms with E-state index >= 15 is 0 Å². The molecule has 5 rings (SSSR count). The molecule has 0 saturated carbocycles. The Morgan fingerprint density at radius 1 is 0.800 bits per heavy atom. The molecule has 4 aromatic rings. The first-order chi connectivity index (χ1) is 14.8. The molecule has 0 saturated heterocycles. The van der Waals surface area contributed by atoms with Gasteiger partial charge in [0.25, 0.3) is 5.91 Å². The minimum Gasteiger partial charge on any atom is -0.367 e. The molecule has 3 aromatic carbocycles. The van der Waals surface area contributed by atoms with Crippen LogP contribution in [0.2, 0.25) is 0 Å². The van der Waals surface area contributed by atoms with E-state index in [0.717, 1.165) is 30.9 Å². The van der Waals surface area contributed by atoms with Gasteiger partial charge in [0.2, 0.25) is 0 Å². The molecule has 0 radical (unpaired) electrons. The van der Waals surface area contributed by atoms with Crippen molar-refractivity contribution in [2.45, 2.75) is 13.0 Å². The van der Waals surface area contributed by atoms with Crippen molar-refractivity contribution in [3.05, 3.63) is 108 Å². The molecule has 0 fully saturated rings. The van der Waals surface area contributed by atoms with Crippen LogP contribution in [-0.2, 0) is 13.0 Å². The maximum absolute atomic E-state index is 12.6. The van der Waals surface area contributed by atoms with Crippen molar-refractivity contribution >= 4 is 17.4 Å². The average Bonchev–Trinajstić information content (AvgIpc) is 3.28. The lowest BCUT2D eigenvalue weighted by Crippen LogP contribution is -2.30. The summed E-state index contributed by atoms with van der Waals surface area (Å²) in [5.41, 5.74) is 5.50. The van der Waals surface area contributed by atoms with Crippen molar-refractivity contribution < 1.29 is 4.79 Å². The number of amides is 1. The van der Waals surface area contributed by atoms with Gasteiger partial charge >= 0.3 is 0 Å². The van der Waals surface area contributed by atoms with Crippen LogP contribution in [0.25, 0.3) is 5.69 Å². The van der Waals surface area contributed by atoms with Gasteiger partial charge in [-0.3, -0.25) is 4.79 Å². The standard InChI is InChI=1S/C25H22N4O/c30-25(26-24-15-17-29(27-24)23-8-2-1-3-9-23)20-10-12-22(13-11-20)28-16-14-19-6-4-5-7-21(19)18-28/h1-13,15,17H,14,16,18H2,(H,26,27,30). The Labute approximate surface area is 175 Å². The summed E-state index contributed by atoms with van der Waals surface area (Å²) in [6, 6.07) is 28.0. The van der Waals surface area contributed by atoms with Crippen molar-refractivity contribution in [3.63, 3.8) is 0 Å². The zero-order valence-corrected chi connectivity index (χ0v) is 16.5. The van der Waals surface area contributed by atoms with Crippen LogP contribution in [0.5, 0.6) is 0 Å².